The van der Waals surface area contributed by atoms with Gasteiger partial charge < -0.3 is 0 Å². The third-order valence-electron chi connectivity index (χ3n) is 2.12. The van der Waals surface area contributed by atoms with Crippen LogP contribution in [-0.4, -0.2) is 4.98 Å². The van der Waals surface area contributed by atoms with Gasteiger partial charge in [-0.25, -0.2) is 4.98 Å². The molecule has 0 atom stereocenters. The molecule has 1 aromatic rings. The van der Waals surface area contributed by atoms with E-state index in [2.05, 4.69) is 15.9 Å². The normalized spacial score (nSPS) is 14.6. The number of hydrogen-bond donors (Lipinski definition) is 1. The van der Waals surface area contributed by atoms with Crippen molar-refractivity contribution >= 4 is 17.6 Å². The molecule has 0 radical (unpaired) electrons. The minimum absolute atomic E-state index is 0.835. The van der Waals surface area contributed by atoms with E-state index in [4.69, 9.17) is 11.8 Å². The molecule has 0 saturated carbocycles. The van der Waals surface area contributed by atoms with Gasteiger partial charge in [-0.3, -0.25) is 4.84 Å². The summed E-state index contributed by atoms with van der Waals surface area (Å²) in [6.45, 7) is 0. The summed E-state index contributed by atoms with van der Waals surface area (Å²) in [4.78, 5) is 6.71. The number of rotatable bonds is 1. The average molecular weight is 169 g/mol. The molecule has 58 valence electrons. The highest BCUT2D eigenvalue weighted by Crippen LogP contribution is 2.26. The van der Waals surface area contributed by atoms with Gasteiger partial charge in [-0.1, -0.05) is 0 Å². The van der Waals surface area contributed by atoms with Crippen molar-refractivity contribution < 1.29 is 0 Å². The van der Waals surface area contributed by atoms with Crippen LogP contribution in [0.5, 0.6) is 0 Å². The topological polar surface area (TPSA) is 24.9 Å². The van der Waals surface area contributed by atoms with Crippen molar-refractivity contribution in [2.24, 2.45) is 0 Å². The lowest BCUT2D eigenvalue weighted by Crippen LogP contribution is -1.92. The van der Waals surface area contributed by atoms with Gasteiger partial charge in [0.2, 0.25) is 0 Å². The van der Waals surface area contributed by atoms with Crippen molar-refractivity contribution in [2.75, 3.05) is 4.84 Å². The highest BCUT2D eigenvalue weighted by molar-refractivity contribution is 6.23. The second-order valence-corrected chi connectivity index (χ2v) is 2.93. The largest absolute Gasteiger partial charge is 0.282 e. The van der Waals surface area contributed by atoms with Gasteiger partial charge in [-0.05, 0) is 36.5 Å². The number of nitrogens with zero attached hydrogens (tertiary/aromatic N) is 1. The predicted octanol–water partition coefficient (Wildman–Crippen LogP) is 2.14. The quantitative estimate of drug-likeness (QED) is 0.650. The van der Waals surface area contributed by atoms with Crippen molar-refractivity contribution in [3.63, 3.8) is 0 Å². The lowest BCUT2D eigenvalue weighted by atomic mass is 10.2. The fourth-order valence-corrected chi connectivity index (χ4v) is 1.75. The Morgan fingerprint density at radius 3 is 3.18 bits per heavy atom. The molecule has 0 spiro atoms. The third-order valence-corrected chi connectivity index (χ3v) is 2.29. The van der Waals surface area contributed by atoms with Crippen LogP contribution in [0.1, 0.15) is 17.5 Å². The first kappa shape index (κ1) is 6.92. The van der Waals surface area contributed by atoms with Crippen LogP contribution in [0.4, 0.5) is 5.82 Å². The van der Waals surface area contributed by atoms with Crippen LogP contribution in [0.3, 0.4) is 0 Å². The Kier molecular flexibility index (Phi) is 1.70. The molecule has 0 aromatic carbocycles. The lowest BCUT2D eigenvalue weighted by Gasteiger charge is -2.02. The first-order valence-corrected chi connectivity index (χ1v) is 4.13. The Bertz CT molecular complexity index is 273. The van der Waals surface area contributed by atoms with E-state index in [1.807, 2.05) is 0 Å². The zero-order valence-electron chi connectivity index (χ0n) is 6.10. The standard InChI is InChI=1S/C8H9ClN2/c9-11-8-7-3-1-2-6(7)4-5-10-8/h4-5H,1-3H2,(H,10,11). The molecule has 2 rings (SSSR count). The van der Waals surface area contributed by atoms with Crippen LogP contribution < -0.4 is 4.84 Å². The van der Waals surface area contributed by atoms with Crippen molar-refractivity contribution in [1.82, 2.24) is 4.98 Å². The van der Waals surface area contributed by atoms with Crippen LogP contribution in [-0.2, 0) is 12.8 Å². The second kappa shape index (κ2) is 2.70. The maximum absolute atomic E-state index is 5.50. The van der Waals surface area contributed by atoms with Gasteiger partial charge in [-0.2, -0.15) is 0 Å². The van der Waals surface area contributed by atoms with Gasteiger partial charge in [0, 0.05) is 18.0 Å². The molecule has 11 heavy (non-hydrogen) atoms. The highest BCUT2D eigenvalue weighted by Gasteiger charge is 2.14. The summed E-state index contributed by atoms with van der Waals surface area (Å²) in [5.41, 5.74) is 2.69. The number of anilines is 1. The molecule has 0 amide bonds. The van der Waals surface area contributed by atoms with Crippen LogP contribution in [0.2, 0.25) is 0 Å². The molecule has 2 nitrogen and oxygen atoms in total. The van der Waals surface area contributed by atoms with Gasteiger partial charge >= 0.3 is 0 Å². The van der Waals surface area contributed by atoms with Crippen molar-refractivity contribution in [3.05, 3.63) is 23.4 Å². The SMILES string of the molecule is ClNc1nccc2c1CCC2. The zero-order chi connectivity index (χ0) is 7.68. The van der Waals surface area contributed by atoms with E-state index in [1.54, 1.807) is 6.20 Å². The van der Waals surface area contributed by atoms with Gasteiger partial charge in [0.25, 0.3) is 0 Å². The molecular formula is C8H9ClN2. The van der Waals surface area contributed by atoms with E-state index in [9.17, 15) is 0 Å². The molecule has 1 aliphatic carbocycles. The number of fused-ring (bicyclic) bond motifs is 1. The number of hydrogen-bond acceptors (Lipinski definition) is 2. The maximum Gasteiger partial charge on any atom is 0.143 e. The molecule has 1 aromatic heterocycles. The summed E-state index contributed by atoms with van der Waals surface area (Å²) in [6, 6.07) is 2.07. The molecule has 0 fully saturated rings. The van der Waals surface area contributed by atoms with Gasteiger partial charge in [-0.15, -0.1) is 0 Å². The van der Waals surface area contributed by atoms with Crippen LogP contribution in [0.25, 0.3) is 0 Å². The fourth-order valence-electron chi connectivity index (χ4n) is 1.58. The second-order valence-electron chi connectivity index (χ2n) is 2.75. The summed E-state index contributed by atoms with van der Waals surface area (Å²) in [5, 5.41) is 0. The summed E-state index contributed by atoms with van der Waals surface area (Å²) >= 11 is 5.50. The molecule has 1 N–H and O–H groups in total. The fraction of sp³-hybridized carbons (Fsp3) is 0.375. The van der Waals surface area contributed by atoms with Gasteiger partial charge in [0.1, 0.15) is 5.82 Å². The smallest absolute Gasteiger partial charge is 0.143 e. The molecule has 1 aliphatic rings. The Morgan fingerprint density at radius 1 is 1.45 bits per heavy atom. The van der Waals surface area contributed by atoms with Crippen molar-refractivity contribution in [3.8, 4) is 0 Å². The Morgan fingerprint density at radius 2 is 2.36 bits per heavy atom. The molecule has 1 heterocycles. The van der Waals surface area contributed by atoms with Crippen LogP contribution >= 0.6 is 11.8 Å². The highest BCUT2D eigenvalue weighted by atomic mass is 35.5. The average Bonchev–Trinajstić information content (AvgIpc) is 2.50. The molecule has 3 heteroatoms. The maximum atomic E-state index is 5.50. The number of pyridine rings is 1. The first-order chi connectivity index (χ1) is 5.42. The van der Waals surface area contributed by atoms with E-state index in [0.29, 0.717) is 0 Å². The Hall–Kier alpha value is -0.760. The number of aromatic nitrogens is 1. The summed E-state index contributed by atoms with van der Waals surface area (Å²) in [6.07, 6.45) is 5.31. The monoisotopic (exact) mass is 168 g/mol. The zero-order valence-corrected chi connectivity index (χ0v) is 6.86. The van der Waals surface area contributed by atoms with Crippen molar-refractivity contribution in [2.45, 2.75) is 19.3 Å². The van der Waals surface area contributed by atoms with E-state index in [-0.39, 0.29) is 0 Å². The van der Waals surface area contributed by atoms with Crippen LogP contribution in [0.15, 0.2) is 12.3 Å². The number of aryl methyl sites for hydroxylation is 1. The number of nitrogens with one attached hydrogen (secondary N) is 1. The molecule has 0 aliphatic heterocycles. The molecule has 0 bridgehead atoms. The van der Waals surface area contributed by atoms with E-state index >= 15 is 0 Å². The summed E-state index contributed by atoms with van der Waals surface area (Å²) < 4.78 is 0. The molecule has 0 unspecified atom stereocenters. The Balaban J connectivity index is 2.50. The minimum Gasteiger partial charge on any atom is -0.282 e. The molecular weight excluding hydrogens is 160 g/mol. The van der Waals surface area contributed by atoms with Gasteiger partial charge in [0.15, 0.2) is 0 Å². The summed E-state index contributed by atoms with van der Waals surface area (Å²) in [5.74, 6) is 0.835. The number of halogens is 1. The van der Waals surface area contributed by atoms with Crippen LogP contribution in [0, 0.1) is 0 Å². The summed E-state index contributed by atoms with van der Waals surface area (Å²) in [7, 11) is 0. The van der Waals surface area contributed by atoms with E-state index < -0.39 is 0 Å². The van der Waals surface area contributed by atoms with Crippen molar-refractivity contribution in [1.29, 1.82) is 0 Å². The lowest BCUT2D eigenvalue weighted by molar-refractivity contribution is 0.912. The third kappa shape index (κ3) is 1.07. The molecule has 0 saturated heterocycles. The first-order valence-electron chi connectivity index (χ1n) is 3.75. The van der Waals surface area contributed by atoms with E-state index in [1.165, 1.54) is 24.0 Å². The van der Waals surface area contributed by atoms with E-state index in [0.717, 1.165) is 12.2 Å². The predicted molar refractivity (Wildman–Crippen MR) is 45.7 cm³/mol. The minimum atomic E-state index is 0.835. The van der Waals surface area contributed by atoms with Gasteiger partial charge in [0.05, 0.1) is 0 Å². The Labute approximate surface area is 70.7 Å².